The van der Waals surface area contributed by atoms with E-state index in [1.165, 1.54) is 0 Å². The van der Waals surface area contributed by atoms with Crippen LogP contribution in [-0.2, 0) is 37.0 Å². The van der Waals surface area contributed by atoms with E-state index in [0.717, 1.165) is 23.5 Å². The van der Waals surface area contributed by atoms with E-state index in [2.05, 4.69) is 0 Å². The van der Waals surface area contributed by atoms with E-state index in [9.17, 15) is 0 Å². The van der Waals surface area contributed by atoms with Crippen LogP contribution in [0.1, 0.15) is 26.7 Å². The van der Waals surface area contributed by atoms with Gasteiger partial charge in [-0.25, -0.2) is 0 Å². The van der Waals surface area contributed by atoms with Crippen LogP contribution in [0.4, 0.5) is 0 Å². The van der Waals surface area contributed by atoms with Crippen LogP contribution in [0.3, 0.4) is 0 Å². The van der Waals surface area contributed by atoms with Crippen LogP contribution in [0.15, 0.2) is 60.7 Å². The summed E-state index contributed by atoms with van der Waals surface area (Å²) in [5.74, 6) is 0. The van der Waals surface area contributed by atoms with Gasteiger partial charge >= 0.3 is 0 Å². The van der Waals surface area contributed by atoms with Crippen LogP contribution in [0.5, 0.6) is 0 Å². The van der Waals surface area contributed by atoms with Crippen molar-refractivity contribution in [1.29, 1.82) is 0 Å². The molecule has 2 rings (SSSR count). The topological polar surface area (TPSA) is 27.7 Å². The zero-order valence-corrected chi connectivity index (χ0v) is 18.0. The molecule has 0 aliphatic carbocycles. The van der Waals surface area contributed by atoms with Gasteiger partial charge in [-0.05, 0) is 60.7 Å². The van der Waals surface area contributed by atoms with Gasteiger partial charge in [0.05, 0.1) is 13.2 Å². The highest BCUT2D eigenvalue weighted by Gasteiger charge is 2.33. The fourth-order valence-corrected chi connectivity index (χ4v) is 9.81. The van der Waals surface area contributed by atoms with Crippen molar-refractivity contribution in [3.63, 3.8) is 0 Å². The van der Waals surface area contributed by atoms with Crippen LogP contribution in [0, 0.1) is 0 Å². The second-order valence-corrected chi connectivity index (χ2v) is 12.5. The molecule has 0 saturated carbocycles. The Labute approximate surface area is 161 Å². The molecule has 0 heterocycles. The lowest BCUT2D eigenvalue weighted by Gasteiger charge is -2.30. The second kappa shape index (κ2) is 10.1. The summed E-state index contributed by atoms with van der Waals surface area (Å²) in [7, 11) is 0. The molecule has 0 spiro atoms. The summed E-state index contributed by atoms with van der Waals surface area (Å²) < 4.78 is 18.5. The fraction of sp³-hybridized carbons (Fsp3) is 0.333. The predicted molar refractivity (Wildman–Crippen MR) is 114 cm³/mol. The molecule has 0 saturated heterocycles. The summed E-state index contributed by atoms with van der Waals surface area (Å²) in [4.78, 5) is 0. The highest BCUT2D eigenvalue weighted by molar-refractivity contribution is 8.21. The van der Waals surface area contributed by atoms with Crippen molar-refractivity contribution in [2.45, 2.75) is 26.7 Å². The van der Waals surface area contributed by atoms with Crippen molar-refractivity contribution in [3.05, 3.63) is 60.7 Å². The largest absolute Gasteiger partial charge is 0.326 e. The lowest BCUT2D eigenvalue weighted by Crippen LogP contribution is -2.15. The molecule has 0 radical (unpaired) electrons. The van der Waals surface area contributed by atoms with Gasteiger partial charge in [0.25, 0.3) is 0 Å². The van der Waals surface area contributed by atoms with Crippen LogP contribution < -0.4 is 10.6 Å². The quantitative estimate of drug-likeness (QED) is 0.503. The summed E-state index contributed by atoms with van der Waals surface area (Å²) in [5.41, 5.74) is 0. The standard InChI is InChI=1S/C18H24O3P2S2/c1-3-15-19-22(24,17-11-7-5-8-12-17)21-23(25,20-16-4-2)18-13-9-6-10-14-18/h5-14H,3-4,15-16H2,1-2H3. The minimum absolute atomic E-state index is 0.532. The van der Waals surface area contributed by atoms with Crippen LogP contribution in [-0.4, -0.2) is 13.2 Å². The van der Waals surface area contributed by atoms with E-state index >= 15 is 0 Å². The lowest BCUT2D eigenvalue weighted by atomic mass is 10.4. The zero-order chi connectivity index (χ0) is 18.2. The van der Waals surface area contributed by atoms with Gasteiger partial charge in [0.1, 0.15) is 0 Å². The minimum Gasteiger partial charge on any atom is -0.326 e. The van der Waals surface area contributed by atoms with Crippen molar-refractivity contribution in [2.75, 3.05) is 13.2 Å². The summed E-state index contributed by atoms with van der Waals surface area (Å²) >= 11 is 11.8. The van der Waals surface area contributed by atoms with Crippen LogP contribution in [0.25, 0.3) is 0 Å². The van der Waals surface area contributed by atoms with Gasteiger partial charge in [-0.2, -0.15) is 0 Å². The maximum Gasteiger partial charge on any atom is 0.225 e. The molecule has 0 fully saturated rings. The van der Waals surface area contributed by atoms with Crippen molar-refractivity contribution in [2.24, 2.45) is 0 Å². The zero-order valence-electron chi connectivity index (χ0n) is 14.5. The molecule has 0 aromatic heterocycles. The summed E-state index contributed by atoms with van der Waals surface area (Å²) in [5, 5.41) is 1.73. The highest BCUT2D eigenvalue weighted by atomic mass is 32.5. The molecule has 2 unspecified atom stereocenters. The summed E-state index contributed by atoms with van der Waals surface area (Å²) in [6.45, 7) is -0.366. The third-order valence-electron chi connectivity index (χ3n) is 3.29. The first-order valence-corrected chi connectivity index (χ1v) is 13.6. The summed E-state index contributed by atoms with van der Waals surface area (Å²) in [6.07, 6.45) is 1.72. The molecule has 2 atom stereocenters. The van der Waals surface area contributed by atoms with Crippen molar-refractivity contribution >= 4 is 47.2 Å². The van der Waals surface area contributed by atoms with Crippen LogP contribution >= 0.6 is 13.0 Å². The van der Waals surface area contributed by atoms with E-state index in [-0.39, 0.29) is 0 Å². The third kappa shape index (κ3) is 5.80. The predicted octanol–water partition coefficient (Wildman–Crippen LogP) is 5.13. The minimum atomic E-state index is -2.76. The molecular weight excluding hydrogens is 390 g/mol. The second-order valence-electron chi connectivity index (χ2n) is 5.41. The molecular formula is C18H24O3P2S2. The van der Waals surface area contributed by atoms with E-state index in [1.807, 2.05) is 74.5 Å². The Bertz CT molecular complexity index is 675. The molecule has 2 aromatic rings. The fourth-order valence-electron chi connectivity index (χ4n) is 2.08. The van der Waals surface area contributed by atoms with Gasteiger partial charge in [0, 0.05) is 10.6 Å². The Morgan fingerprint density at radius 2 is 1.04 bits per heavy atom. The molecule has 7 heteroatoms. The Morgan fingerprint density at radius 1 is 0.680 bits per heavy atom. The van der Waals surface area contributed by atoms with Gasteiger partial charge in [0.15, 0.2) is 0 Å². The Hall–Kier alpha value is -0.380. The smallest absolute Gasteiger partial charge is 0.225 e. The number of hydrogen-bond donors (Lipinski definition) is 0. The lowest BCUT2D eigenvalue weighted by molar-refractivity contribution is 0.291. The maximum absolute atomic E-state index is 6.41. The number of rotatable bonds is 10. The Balaban J connectivity index is 2.42. The molecule has 0 aliphatic rings. The molecule has 0 aliphatic heterocycles. The molecule has 3 nitrogen and oxygen atoms in total. The van der Waals surface area contributed by atoms with Gasteiger partial charge in [-0.1, -0.05) is 50.2 Å². The first-order chi connectivity index (χ1) is 12.0. The van der Waals surface area contributed by atoms with Gasteiger partial charge in [-0.3, -0.25) is 4.31 Å². The molecule has 136 valence electrons. The van der Waals surface area contributed by atoms with Gasteiger partial charge < -0.3 is 9.05 Å². The SMILES string of the molecule is CCCOP(=S)(OP(=S)(OCCC)c1ccccc1)c1ccccc1. The number of benzene rings is 2. The highest BCUT2D eigenvalue weighted by Crippen LogP contribution is 2.64. The van der Waals surface area contributed by atoms with Crippen molar-refractivity contribution in [1.82, 2.24) is 0 Å². The molecule has 2 aromatic carbocycles. The molecule has 0 bridgehead atoms. The molecule has 0 N–H and O–H groups in total. The molecule has 25 heavy (non-hydrogen) atoms. The Morgan fingerprint density at radius 3 is 1.36 bits per heavy atom. The first kappa shape index (κ1) is 20.9. The monoisotopic (exact) mass is 414 g/mol. The maximum atomic E-state index is 6.41. The van der Waals surface area contributed by atoms with E-state index < -0.39 is 13.0 Å². The number of hydrogen-bond acceptors (Lipinski definition) is 5. The average Bonchev–Trinajstić information content (AvgIpc) is 2.66. The van der Waals surface area contributed by atoms with E-state index in [1.54, 1.807) is 0 Å². The van der Waals surface area contributed by atoms with Gasteiger partial charge in [-0.15, -0.1) is 0 Å². The third-order valence-corrected chi connectivity index (χ3v) is 11.0. The van der Waals surface area contributed by atoms with Crippen molar-refractivity contribution in [3.8, 4) is 0 Å². The van der Waals surface area contributed by atoms with E-state index in [0.29, 0.717) is 13.2 Å². The first-order valence-electron chi connectivity index (χ1n) is 8.36. The molecule has 0 amide bonds. The summed E-state index contributed by atoms with van der Waals surface area (Å²) in [6, 6.07) is 19.4. The van der Waals surface area contributed by atoms with Gasteiger partial charge in [0.2, 0.25) is 13.0 Å². The normalized spacial score (nSPS) is 16.1. The Kier molecular flexibility index (Phi) is 8.44. The van der Waals surface area contributed by atoms with Crippen molar-refractivity contribution < 1.29 is 13.4 Å². The average molecular weight is 414 g/mol. The van der Waals surface area contributed by atoms with E-state index in [4.69, 9.17) is 37.0 Å². The van der Waals surface area contributed by atoms with Crippen LogP contribution in [0.2, 0.25) is 0 Å².